The second kappa shape index (κ2) is 18.8. The Morgan fingerprint density at radius 2 is 1.14 bits per heavy atom. The molecule has 0 saturated carbocycles. The molecule has 350 valence electrons. The zero-order valence-electron chi connectivity index (χ0n) is 40.9. The maximum absolute atomic E-state index is 5.18. The number of hydrogen-bond acceptors (Lipinski definition) is 3. The van der Waals surface area contributed by atoms with Crippen molar-refractivity contribution < 1.29 is 21.1 Å². The van der Waals surface area contributed by atoms with Crippen LogP contribution in [-0.2, 0) is 26.5 Å². The van der Waals surface area contributed by atoms with E-state index in [0.29, 0.717) is 11.8 Å². The van der Waals surface area contributed by atoms with Crippen LogP contribution in [-0.4, -0.2) is 17.6 Å². The maximum Gasteiger partial charge on any atom is 0.136 e. The largest absolute Gasteiger partial charge is 0.493 e. The quantitative estimate of drug-likeness (QED) is 0.0775. The minimum Gasteiger partial charge on any atom is -0.493 e. The van der Waals surface area contributed by atoms with E-state index in [-0.39, 0.29) is 26.5 Å². The number of para-hydroxylation sites is 3. The summed E-state index contributed by atoms with van der Waals surface area (Å²) in [5.41, 5.74) is 13.0. The van der Waals surface area contributed by atoms with Gasteiger partial charge in [-0.25, -0.2) is 4.98 Å². The first kappa shape index (κ1) is 46.9. The molecule has 0 radical (unpaired) electrons. The first-order valence-electron chi connectivity index (χ1n) is 24.3. The Morgan fingerprint density at radius 1 is 0.543 bits per heavy atom. The summed E-state index contributed by atoms with van der Waals surface area (Å²) < 4.78 is 2.35. The molecular weight excluding hydrogens is 1050 g/mol. The zero-order valence-corrected chi connectivity index (χ0v) is 44.2. The molecule has 3 heterocycles. The van der Waals surface area contributed by atoms with Crippen molar-refractivity contribution in [2.24, 2.45) is 0 Å². The molecule has 11 rings (SSSR count). The van der Waals surface area contributed by atoms with Gasteiger partial charge in [0.1, 0.15) is 13.9 Å². The molecule has 70 heavy (non-hydrogen) atoms. The molecule has 0 unspecified atom stereocenters. The van der Waals surface area contributed by atoms with Crippen molar-refractivity contribution in [1.82, 2.24) is 9.55 Å². The average Bonchev–Trinajstić information content (AvgIpc) is 3.93. The number of nitrogens with zero attached hydrogens (tertiary/aromatic N) is 4. The van der Waals surface area contributed by atoms with E-state index < -0.39 is 8.07 Å². The number of pyridine rings is 1. The Morgan fingerprint density at radius 3 is 1.81 bits per heavy atom. The molecule has 0 fully saturated rings. The molecule has 1 aliphatic heterocycles. The van der Waals surface area contributed by atoms with Gasteiger partial charge in [-0.2, -0.15) is 52.8 Å². The molecule has 4 nitrogen and oxygen atoms in total. The molecule has 0 atom stereocenters. The summed E-state index contributed by atoms with van der Waals surface area (Å²) >= 11 is 0. The molecule has 1 aliphatic rings. The summed E-state index contributed by atoms with van der Waals surface area (Å²) in [4.78, 5) is 9.80. The molecular formula is C64H57N4PtSi-3. The maximum atomic E-state index is 5.18. The zero-order chi connectivity index (χ0) is 47.4. The van der Waals surface area contributed by atoms with Crippen molar-refractivity contribution >= 4 is 73.4 Å². The summed E-state index contributed by atoms with van der Waals surface area (Å²) in [6.45, 7) is 18.2. The third-order valence-corrected chi connectivity index (χ3v) is 18.7. The Balaban J connectivity index is 0.00000567. The monoisotopic (exact) mass is 1100 g/mol. The van der Waals surface area contributed by atoms with E-state index in [1.54, 1.807) is 0 Å². The Kier molecular flexibility index (Phi) is 12.6. The summed E-state index contributed by atoms with van der Waals surface area (Å²) in [5.74, 6) is 1.61. The van der Waals surface area contributed by atoms with Crippen LogP contribution in [0.1, 0.15) is 77.0 Å². The van der Waals surface area contributed by atoms with E-state index in [1.165, 1.54) is 43.6 Å². The molecule has 0 aliphatic carbocycles. The number of anilines is 4. The fourth-order valence-electron chi connectivity index (χ4n) is 10.7. The second-order valence-corrected chi connectivity index (χ2v) is 23.8. The van der Waals surface area contributed by atoms with Crippen LogP contribution < -0.4 is 30.5 Å². The number of aromatic nitrogens is 2. The van der Waals surface area contributed by atoms with Gasteiger partial charge < -0.3 is 14.4 Å². The van der Waals surface area contributed by atoms with Gasteiger partial charge >= 0.3 is 0 Å². The van der Waals surface area contributed by atoms with Crippen LogP contribution in [0.25, 0.3) is 38.8 Å². The predicted octanol–water partition coefficient (Wildman–Crippen LogP) is 13.8. The van der Waals surface area contributed by atoms with E-state index in [4.69, 9.17) is 4.98 Å². The Hall–Kier alpha value is -6.78. The molecule has 0 N–H and O–H groups in total. The standard InChI is InChI=1S/C64H57N4Si.Pt/c1-44(2)54-30-20-31-55(45(3)4)63(54)46-37-38-65-62(39-46)68-58-32-15-14-29-56(58)57-36-35-53(42-61(57)68)69(50-24-10-8-11-25-50,51-26-12-9-13-27-51)52-28-19-23-49(41-52)67-43-66(59-33-16-17-34-60(59)67)48-22-18-21-47(40-48)64(5,6)7;/h8-40,43-45H,1-7H3;/q-3;. The summed E-state index contributed by atoms with van der Waals surface area (Å²) in [7, 11) is -3.18. The topological polar surface area (TPSA) is 24.3 Å². The Bertz CT molecular complexity index is 3430. The number of rotatable bonds is 10. The van der Waals surface area contributed by atoms with Gasteiger partial charge in [-0.15, -0.1) is 17.7 Å². The van der Waals surface area contributed by atoms with Crippen LogP contribution in [0.4, 0.5) is 22.7 Å². The van der Waals surface area contributed by atoms with Crippen molar-refractivity contribution in [2.45, 2.75) is 65.7 Å². The fourth-order valence-corrected chi connectivity index (χ4v) is 15.2. The molecule has 0 amide bonds. The van der Waals surface area contributed by atoms with Gasteiger partial charge in [0.15, 0.2) is 0 Å². The van der Waals surface area contributed by atoms with Crippen LogP contribution in [0.15, 0.2) is 200 Å². The average molecular weight is 1110 g/mol. The van der Waals surface area contributed by atoms with Crippen LogP contribution in [0.5, 0.6) is 0 Å². The summed E-state index contributed by atoms with van der Waals surface area (Å²) in [6, 6.07) is 79.7. The third kappa shape index (κ3) is 8.03. The summed E-state index contributed by atoms with van der Waals surface area (Å²) in [5, 5.41) is 7.16. The van der Waals surface area contributed by atoms with Gasteiger partial charge in [0.2, 0.25) is 0 Å². The van der Waals surface area contributed by atoms with Gasteiger partial charge in [0, 0.05) is 49.8 Å². The smallest absolute Gasteiger partial charge is 0.136 e. The molecule has 6 heteroatoms. The van der Waals surface area contributed by atoms with E-state index in [2.05, 4.69) is 276 Å². The van der Waals surface area contributed by atoms with E-state index >= 15 is 0 Å². The van der Waals surface area contributed by atoms with Gasteiger partial charge in [-0.3, -0.25) is 0 Å². The molecule has 0 spiro atoms. The molecule has 0 saturated heterocycles. The third-order valence-electron chi connectivity index (χ3n) is 14.1. The molecule has 8 aromatic carbocycles. The SMILES string of the molecule is CC(C)c1cccc(C(C)C)c1-c1ccnc(-n2c3[c-]c([Si](c4[c-]c(N5[CH-]N(c6cccc(C(C)(C)C)c6)c6ccccc65)ccc4)(c4ccccc4)c4ccccc4)ccc3c3ccccc32)c1.[Pt]. The summed E-state index contributed by atoms with van der Waals surface area (Å²) in [6.07, 6.45) is 1.99. The Labute approximate surface area is 429 Å². The number of benzene rings is 8. The van der Waals surface area contributed by atoms with E-state index in [1.807, 2.05) is 6.20 Å². The molecule has 0 bridgehead atoms. The number of hydrogen-bond donors (Lipinski definition) is 0. The van der Waals surface area contributed by atoms with Crippen molar-refractivity contribution in [3.63, 3.8) is 0 Å². The molecule has 2 aromatic heterocycles. The first-order chi connectivity index (χ1) is 33.5. The number of fused-ring (bicyclic) bond motifs is 4. The fraction of sp³-hybridized carbons (Fsp3) is 0.156. The van der Waals surface area contributed by atoms with Gasteiger partial charge in [0.05, 0.1) is 0 Å². The van der Waals surface area contributed by atoms with Crippen LogP contribution in [0.2, 0.25) is 0 Å². The van der Waals surface area contributed by atoms with Crippen molar-refractivity contribution in [1.29, 1.82) is 0 Å². The second-order valence-electron chi connectivity index (χ2n) is 20.1. The van der Waals surface area contributed by atoms with Gasteiger partial charge in [-0.1, -0.05) is 175 Å². The van der Waals surface area contributed by atoms with E-state index in [9.17, 15) is 0 Å². The van der Waals surface area contributed by atoms with E-state index in [0.717, 1.165) is 55.4 Å². The molecule has 10 aromatic rings. The van der Waals surface area contributed by atoms with Crippen molar-refractivity contribution in [3.05, 3.63) is 236 Å². The minimum absolute atomic E-state index is 0. The minimum atomic E-state index is -3.18. The van der Waals surface area contributed by atoms with Crippen LogP contribution >= 0.6 is 0 Å². The first-order valence-corrected chi connectivity index (χ1v) is 26.3. The van der Waals surface area contributed by atoms with Crippen molar-refractivity contribution in [3.8, 4) is 16.9 Å². The van der Waals surface area contributed by atoms with Crippen molar-refractivity contribution in [2.75, 3.05) is 9.80 Å². The van der Waals surface area contributed by atoms with Crippen LogP contribution in [0, 0.1) is 18.8 Å². The predicted molar refractivity (Wildman–Crippen MR) is 294 cm³/mol. The van der Waals surface area contributed by atoms with Gasteiger partial charge in [-0.05, 0) is 103 Å². The normalized spacial score (nSPS) is 12.8. The van der Waals surface area contributed by atoms with Gasteiger partial charge in [0.25, 0.3) is 0 Å². The van der Waals surface area contributed by atoms with Crippen LogP contribution in [0.3, 0.4) is 0 Å².